The van der Waals surface area contributed by atoms with E-state index in [1.165, 1.54) is 5.56 Å². The van der Waals surface area contributed by atoms with Crippen LogP contribution in [0.2, 0.25) is 0 Å². The number of carbonyl (C=O) groups is 1. The molecule has 0 radical (unpaired) electrons. The molecule has 1 aromatic carbocycles. The Balaban J connectivity index is 2.20. The summed E-state index contributed by atoms with van der Waals surface area (Å²) in [6.07, 6.45) is 1.22. The number of nitrogens with one attached hydrogen (secondary N) is 1. The van der Waals surface area contributed by atoms with E-state index >= 15 is 0 Å². The molecule has 0 spiro atoms. The molecule has 1 amide bonds. The van der Waals surface area contributed by atoms with Gasteiger partial charge in [-0.3, -0.25) is 4.79 Å². The Kier molecular flexibility index (Phi) is 3.70. The molecule has 1 aliphatic carbocycles. The van der Waals surface area contributed by atoms with Crippen molar-refractivity contribution in [2.75, 3.05) is 5.32 Å². The lowest BCUT2D eigenvalue weighted by molar-refractivity contribution is -0.127. The molecule has 0 saturated heterocycles. The minimum atomic E-state index is -0.868. The van der Waals surface area contributed by atoms with Gasteiger partial charge in [0, 0.05) is 5.69 Å². The Morgan fingerprint density at radius 1 is 1.40 bits per heavy atom. The van der Waals surface area contributed by atoms with Crippen LogP contribution >= 0.6 is 0 Å². The summed E-state index contributed by atoms with van der Waals surface area (Å²) in [5, 5.41) is 14.8. The zero-order valence-corrected chi connectivity index (χ0v) is 12.1. The summed E-state index contributed by atoms with van der Waals surface area (Å²) >= 11 is 0. The molecule has 1 aliphatic rings. The first-order valence-corrected chi connectivity index (χ1v) is 6.76. The van der Waals surface area contributed by atoms with E-state index in [1.807, 2.05) is 39.0 Å². The largest absolute Gasteiger partial charge is 0.409 e. The van der Waals surface area contributed by atoms with E-state index in [0.29, 0.717) is 18.8 Å². The van der Waals surface area contributed by atoms with Crippen molar-refractivity contribution < 1.29 is 10.0 Å². The lowest BCUT2D eigenvalue weighted by atomic mass is 9.61. The molecule has 1 saturated carbocycles. The average Bonchev–Trinajstić information content (AvgIpc) is 2.38. The van der Waals surface area contributed by atoms with Gasteiger partial charge >= 0.3 is 0 Å². The van der Waals surface area contributed by atoms with E-state index in [1.54, 1.807) is 0 Å². The summed E-state index contributed by atoms with van der Waals surface area (Å²) in [6.45, 7) is 6.06. The van der Waals surface area contributed by atoms with Gasteiger partial charge in [-0.25, -0.2) is 0 Å². The molecule has 5 nitrogen and oxygen atoms in total. The Labute approximate surface area is 118 Å². The minimum absolute atomic E-state index is 0.00284. The van der Waals surface area contributed by atoms with Crippen molar-refractivity contribution in [2.45, 2.75) is 33.6 Å². The Bertz CT molecular complexity index is 560. The van der Waals surface area contributed by atoms with Gasteiger partial charge in [-0.05, 0) is 55.9 Å². The van der Waals surface area contributed by atoms with Crippen LogP contribution in [0.25, 0.3) is 0 Å². The van der Waals surface area contributed by atoms with Gasteiger partial charge in [-0.2, -0.15) is 0 Å². The maximum absolute atomic E-state index is 12.5. The number of nitrogens with two attached hydrogens (primary N) is 1. The van der Waals surface area contributed by atoms with Crippen LogP contribution in [0, 0.1) is 25.2 Å². The van der Waals surface area contributed by atoms with Crippen LogP contribution in [0.5, 0.6) is 0 Å². The fraction of sp³-hybridized carbons (Fsp3) is 0.467. The SMILES string of the molecule is Cc1ccc(NC(=O)C2(/C(N)=N/O)CC(C)C2)cc1C. The number of hydrogen-bond donors (Lipinski definition) is 3. The van der Waals surface area contributed by atoms with Crippen LogP contribution in [0.4, 0.5) is 5.69 Å². The second kappa shape index (κ2) is 5.15. The number of nitrogens with zero attached hydrogens (tertiary/aromatic N) is 1. The zero-order valence-electron chi connectivity index (χ0n) is 12.1. The van der Waals surface area contributed by atoms with Crippen molar-refractivity contribution in [3.05, 3.63) is 29.3 Å². The summed E-state index contributed by atoms with van der Waals surface area (Å²) in [7, 11) is 0. The lowest BCUT2D eigenvalue weighted by Gasteiger charge is -2.43. The third kappa shape index (κ3) is 2.35. The van der Waals surface area contributed by atoms with Crippen LogP contribution in [-0.2, 0) is 4.79 Å². The van der Waals surface area contributed by atoms with Gasteiger partial charge in [0.2, 0.25) is 5.91 Å². The van der Waals surface area contributed by atoms with E-state index in [2.05, 4.69) is 10.5 Å². The van der Waals surface area contributed by atoms with Gasteiger partial charge in [0.25, 0.3) is 0 Å². The van der Waals surface area contributed by atoms with Crippen LogP contribution in [0.1, 0.15) is 30.9 Å². The highest BCUT2D eigenvalue weighted by Gasteiger charge is 2.52. The molecule has 0 heterocycles. The van der Waals surface area contributed by atoms with Crippen molar-refractivity contribution >= 4 is 17.4 Å². The van der Waals surface area contributed by atoms with Gasteiger partial charge in [0.05, 0.1) is 0 Å². The predicted octanol–water partition coefficient (Wildman–Crippen LogP) is 2.40. The maximum atomic E-state index is 12.5. The van der Waals surface area contributed by atoms with Crippen LogP contribution < -0.4 is 11.1 Å². The van der Waals surface area contributed by atoms with E-state index in [0.717, 1.165) is 11.3 Å². The molecule has 0 atom stereocenters. The summed E-state index contributed by atoms with van der Waals surface area (Å²) in [6, 6.07) is 5.75. The van der Waals surface area contributed by atoms with E-state index in [-0.39, 0.29) is 11.7 Å². The molecular formula is C15H21N3O2. The van der Waals surface area contributed by atoms with Crippen molar-refractivity contribution in [3.63, 3.8) is 0 Å². The van der Waals surface area contributed by atoms with Crippen molar-refractivity contribution in [1.29, 1.82) is 0 Å². The number of oxime groups is 1. The number of amidine groups is 1. The lowest BCUT2D eigenvalue weighted by Crippen LogP contribution is -2.54. The van der Waals surface area contributed by atoms with Crippen LogP contribution in [-0.4, -0.2) is 17.0 Å². The average molecular weight is 275 g/mol. The molecule has 1 aromatic rings. The highest BCUT2D eigenvalue weighted by Crippen LogP contribution is 2.46. The third-order valence-electron chi connectivity index (χ3n) is 4.19. The number of rotatable bonds is 3. The topological polar surface area (TPSA) is 87.7 Å². The molecular weight excluding hydrogens is 254 g/mol. The van der Waals surface area contributed by atoms with Gasteiger partial charge in [0.1, 0.15) is 5.41 Å². The Hall–Kier alpha value is -2.04. The van der Waals surface area contributed by atoms with Gasteiger partial charge in [-0.1, -0.05) is 18.1 Å². The first-order valence-electron chi connectivity index (χ1n) is 6.76. The van der Waals surface area contributed by atoms with E-state index in [9.17, 15) is 4.79 Å². The number of hydrogen-bond acceptors (Lipinski definition) is 3. The number of amides is 1. The second-order valence-corrected chi connectivity index (χ2v) is 5.83. The fourth-order valence-corrected chi connectivity index (χ4v) is 2.81. The molecule has 4 N–H and O–H groups in total. The monoisotopic (exact) mass is 275 g/mol. The Morgan fingerprint density at radius 3 is 2.55 bits per heavy atom. The molecule has 108 valence electrons. The van der Waals surface area contributed by atoms with E-state index < -0.39 is 5.41 Å². The number of carbonyl (C=O) groups excluding carboxylic acids is 1. The molecule has 5 heteroatoms. The van der Waals surface area contributed by atoms with Crippen molar-refractivity contribution in [2.24, 2.45) is 22.2 Å². The van der Waals surface area contributed by atoms with Gasteiger partial charge < -0.3 is 16.3 Å². The molecule has 0 bridgehead atoms. The van der Waals surface area contributed by atoms with Gasteiger partial charge in [0.15, 0.2) is 5.84 Å². The summed E-state index contributed by atoms with van der Waals surface area (Å²) in [5.74, 6) is 0.201. The van der Waals surface area contributed by atoms with E-state index in [4.69, 9.17) is 10.9 Å². The standard InChI is InChI=1S/C15H21N3O2/c1-9-7-15(8-9,13(16)18-20)14(19)17-12-5-4-10(2)11(3)6-12/h4-6,9,20H,7-8H2,1-3H3,(H2,16,18)(H,17,19). The summed E-state index contributed by atoms with van der Waals surface area (Å²) in [5.41, 5.74) is 7.88. The molecule has 0 unspecified atom stereocenters. The number of anilines is 1. The highest BCUT2D eigenvalue weighted by atomic mass is 16.4. The van der Waals surface area contributed by atoms with Crippen LogP contribution in [0.15, 0.2) is 23.4 Å². The van der Waals surface area contributed by atoms with Crippen LogP contribution in [0.3, 0.4) is 0 Å². The predicted molar refractivity (Wildman–Crippen MR) is 78.8 cm³/mol. The van der Waals surface area contributed by atoms with Gasteiger partial charge in [-0.15, -0.1) is 0 Å². The number of aryl methyl sites for hydroxylation is 2. The molecule has 0 aromatic heterocycles. The van der Waals surface area contributed by atoms with Crippen molar-refractivity contribution in [3.8, 4) is 0 Å². The summed E-state index contributed by atoms with van der Waals surface area (Å²) < 4.78 is 0. The summed E-state index contributed by atoms with van der Waals surface area (Å²) in [4.78, 5) is 12.5. The zero-order chi connectivity index (χ0) is 14.9. The normalized spacial score (nSPS) is 25.9. The fourth-order valence-electron chi connectivity index (χ4n) is 2.81. The Morgan fingerprint density at radius 2 is 2.05 bits per heavy atom. The highest BCUT2D eigenvalue weighted by molar-refractivity contribution is 6.12. The number of benzene rings is 1. The third-order valence-corrected chi connectivity index (χ3v) is 4.19. The smallest absolute Gasteiger partial charge is 0.238 e. The minimum Gasteiger partial charge on any atom is -0.409 e. The molecule has 1 fully saturated rings. The first kappa shape index (κ1) is 14.4. The molecule has 20 heavy (non-hydrogen) atoms. The maximum Gasteiger partial charge on any atom is 0.238 e. The second-order valence-electron chi connectivity index (χ2n) is 5.83. The van der Waals surface area contributed by atoms with Crippen molar-refractivity contribution in [1.82, 2.24) is 0 Å². The first-order chi connectivity index (χ1) is 9.39. The quantitative estimate of drug-likeness (QED) is 0.342. The molecule has 2 rings (SSSR count). The molecule has 0 aliphatic heterocycles.